The zero-order chi connectivity index (χ0) is 14.2. The van der Waals surface area contributed by atoms with Crippen molar-refractivity contribution in [1.82, 2.24) is 0 Å². The van der Waals surface area contributed by atoms with Crippen molar-refractivity contribution in [3.05, 3.63) is 54.1 Å². The van der Waals surface area contributed by atoms with Crippen LogP contribution in [0.5, 0.6) is 17.2 Å². The van der Waals surface area contributed by atoms with E-state index in [-0.39, 0.29) is 6.61 Å². The average Bonchev–Trinajstić information content (AvgIpc) is 2.52. The number of hydrogen-bond acceptors (Lipinski definition) is 4. The van der Waals surface area contributed by atoms with Crippen molar-refractivity contribution in [2.24, 2.45) is 0 Å². The van der Waals surface area contributed by atoms with Gasteiger partial charge in [-0.15, -0.1) is 0 Å². The van der Waals surface area contributed by atoms with Crippen LogP contribution in [0.3, 0.4) is 0 Å². The van der Waals surface area contributed by atoms with Crippen LogP contribution in [0.2, 0.25) is 0 Å². The van der Waals surface area contributed by atoms with Gasteiger partial charge in [-0.25, -0.2) is 0 Å². The molecule has 0 aromatic heterocycles. The molecule has 2 aromatic carbocycles. The van der Waals surface area contributed by atoms with Crippen LogP contribution in [0.1, 0.15) is 5.56 Å². The maximum Gasteiger partial charge on any atom is 0.122 e. The summed E-state index contributed by atoms with van der Waals surface area (Å²) in [7, 11) is 1.63. The number of benzene rings is 2. The van der Waals surface area contributed by atoms with Crippen LogP contribution in [0.4, 0.5) is 0 Å². The van der Waals surface area contributed by atoms with E-state index >= 15 is 0 Å². The highest BCUT2D eigenvalue weighted by Gasteiger charge is 1.98. The summed E-state index contributed by atoms with van der Waals surface area (Å²) in [5.41, 5.74) is 0.832. The lowest BCUT2D eigenvalue weighted by atomic mass is 10.2. The minimum atomic E-state index is 0.0134. The summed E-state index contributed by atoms with van der Waals surface area (Å²) in [5.74, 6) is 2.31. The normalized spacial score (nSPS) is 10.1. The molecule has 0 unspecified atom stereocenters. The van der Waals surface area contributed by atoms with Gasteiger partial charge in [0, 0.05) is 0 Å². The molecule has 0 spiro atoms. The molecular formula is C16H18O4. The van der Waals surface area contributed by atoms with E-state index in [1.54, 1.807) is 7.11 Å². The summed E-state index contributed by atoms with van der Waals surface area (Å²) in [6.45, 7) is 0.913. The second kappa shape index (κ2) is 7.40. The van der Waals surface area contributed by atoms with Gasteiger partial charge in [-0.1, -0.05) is 12.1 Å². The summed E-state index contributed by atoms with van der Waals surface area (Å²) in [6.07, 6.45) is 0. The molecule has 0 radical (unpaired) electrons. The van der Waals surface area contributed by atoms with Gasteiger partial charge in [0.15, 0.2) is 0 Å². The zero-order valence-corrected chi connectivity index (χ0v) is 11.4. The van der Waals surface area contributed by atoms with Crippen molar-refractivity contribution in [2.75, 3.05) is 20.3 Å². The third-order valence-electron chi connectivity index (χ3n) is 2.76. The Balaban J connectivity index is 1.75. The lowest BCUT2D eigenvalue weighted by Gasteiger charge is -2.09. The van der Waals surface area contributed by atoms with Crippen LogP contribution in [0.15, 0.2) is 48.5 Å². The average molecular weight is 274 g/mol. The molecule has 106 valence electrons. The monoisotopic (exact) mass is 274 g/mol. The largest absolute Gasteiger partial charge is 0.497 e. The van der Waals surface area contributed by atoms with Crippen LogP contribution in [-0.2, 0) is 6.61 Å². The Morgan fingerprint density at radius 3 is 2.15 bits per heavy atom. The van der Waals surface area contributed by atoms with Crippen molar-refractivity contribution in [3.63, 3.8) is 0 Å². The maximum atomic E-state index is 9.03. The van der Waals surface area contributed by atoms with Gasteiger partial charge in [0.1, 0.15) is 30.5 Å². The Kier molecular flexibility index (Phi) is 5.26. The van der Waals surface area contributed by atoms with E-state index in [2.05, 4.69) is 0 Å². The van der Waals surface area contributed by atoms with Gasteiger partial charge in [0.2, 0.25) is 0 Å². The Labute approximate surface area is 118 Å². The molecule has 0 amide bonds. The van der Waals surface area contributed by atoms with E-state index in [9.17, 15) is 0 Å². The van der Waals surface area contributed by atoms with Crippen molar-refractivity contribution in [3.8, 4) is 17.2 Å². The van der Waals surface area contributed by atoms with Crippen LogP contribution in [-0.4, -0.2) is 25.4 Å². The van der Waals surface area contributed by atoms with Crippen LogP contribution in [0.25, 0.3) is 0 Å². The molecule has 4 nitrogen and oxygen atoms in total. The van der Waals surface area contributed by atoms with E-state index in [4.69, 9.17) is 19.3 Å². The highest BCUT2D eigenvalue weighted by Crippen LogP contribution is 2.17. The number of methoxy groups -OCH3 is 1. The predicted octanol–water partition coefficient (Wildman–Crippen LogP) is 2.65. The molecule has 20 heavy (non-hydrogen) atoms. The molecule has 0 heterocycles. The summed E-state index contributed by atoms with van der Waals surface area (Å²) in [4.78, 5) is 0. The Bertz CT molecular complexity index is 522. The van der Waals surface area contributed by atoms with Crippen LogP contribution < -0.4 is 14.2 Å². The van der Waals surface area contributed by atoms with Gasteiger partial charge in [0.05, 0.1) is 13.7 Å². The summed E-state index contributed by atoms with van der Waals surface area (Å²) in [6, 6.07) is 14.8. The first kappa shape index (κ1) is 14.2. The fourth-order valence-electron chi connectivity index (χ4n) is 1.72. The molecule has 2 aromatic rings. The van der Waals surface area contributed by atoms with Crippen LogP contribution in [0, 0.1) is 0 Å². The Morgan fingerprint density at radius 1 is 0.850 bits per heavy atom. The summed E-state index contributed by atoms with van der Waals surface area (Å²) >= 11 is 0. The fraction of sp³-hybridized carbons (Fsp3) is 0.250. The van der Waals surface area contributed by atoms with Crippen molar-refractivity contribution in [2.45, 2.75) is 6.61 Å². The van der Waals surface area contributed by atoms with Crippen LogP contribution >= 0.6 is 0 Å². The van der Waals surface area contributed by atoms with E-state index < -0.39 is 0 Å². The molecule has 2 rings (SSSR count). The summed E-state index contributed by atoms with van der Waals surface area (Å²) in [5, 5.41) is 9.03. The molecule has 0 saturated carbocycles. The molecule has 0 fully saturated rings. The van der Waals surface area contributed by atoms with E-state index in [0.29, 0.717) is 13.2 Å². The topological polar surface area (TPSA) is 47.9 Å². The highest BCUT2D eigenvalue weighted by molar-refractivity contribution is 5.31. The lowest BCUT2D eigenvalue weighted by molar-refractivity contribution is 0.216. The fourth-order valence-corrected chi connectivity index (χ4v) is 1.72. The first-order valence-electron chi connectivity index (χ1n) is 6.41. The number of hydrogen-bond donors (Lipinski definition) is 1. The van der Waals surface area contributed by atoms with Gasteiger partial charge in [-0.2, -0.15) is 0 Å². The second-order valence-electron chi connectivity index (χ2n) is 4.18. The third kappa shape index (κ3) is 4.17. The molecule has 4 heteroatoms. The standard InChI is InChI=1S/C16H18O4/c1-18-14-5-7-15(8-6-14)19-9-10-20-16-4-2-3-13(11-16)12-17/h2-8,11,17H,9-10,12H2,1H3. The number of ether oxygens (including phenoxy) is 3. The molecule has 0 aliphatic rings. The number of aliphatic hydroxyl groups excluding tert-OH is 1. The number of aliphatic hydroxyl groups is 1. The lowest BCUT2D eigenvalue weighted by Crippen LogP contribution is -2.09. The van der Waals surface area contributed by atoms with Gasteiger partial charge in [-0.3, -0.25) is 0 Å². The minimum absolute atomic E-state index is 0.0134. The smallest absolute Gasteiger partial charge is 0.122 e. The van der Waals surface area contributed by atoms with E-state index in [0.717, 1.165) is 22.8 Å². The van der Waals surface area contributed by atoms with Gasteiger partial charge in [-0.05, 0) is 42.0 Å². The Hall–Kier alpha value is -2.20. The summed E-state index contributed by atoms with van der Waals surface area (Å²) < 4.78 is 16.2. The first-order valence-corrected chi connectivity index (χ1v) is 6.41. The predicted molar refractivity (Wildman–Crippen MR) is 76.3 cm³/mol. The molecule has 0 bridgehead atoms. The van der Waals surface area contributed by atoms with Gasteiger partial charge in [0.25, 0.3) is 0 Å². The second-order valence-corrected chi connectivity index (χ2v) is 4.18. The van der Waals surface area contributed by atoms with Crippen molar-refractivity contribution < 1.29 is 19.3 Å². The Morgan fingerprint density at radius 2 is 1.50 bits per heavy atom. The van der Waals surface area contributed by atoms with Gasteiger partial charge < -0.3 is 19.3 Å². The molecular weight excluding hydrogens is 256 g/mol. The molecule has 0 aliphatic carbocycles. The number of rotatable bonds is 7. The highest BCUT2D eigenvalue weighted by atomic mass is 16.5. The zero-order valence-electron chi connectivity index (χ0n) is 11.4. The SMILES string of the molecule is COc1ccc(OCCOc2cccc(CO)c2)cc1. The van der Waals surface area contributed by atoms with E-state index in [1.165, 1.54) is 0 Å². The first-order chi connectivity index (χ1) is 9.81. The minimum Gasteiger partial charge on any atom is -0.497 e. The van der Waals surface area contributed by atoms with E-state index in [1.807, 2.05) is 48.5 Å². The third-order valence-corrected chi connectivity index (χ3v) is 2.76. The van der Waals surface area contributed by atoms with Gasteiger partial charge >= 0.3 is 0 Å². The molecule has 0 saturated heterocycles. The van der Waals surface area contributed by atoms with Crippen molar-refractivity contribution in [1.29, 1.82) is 0 Å². The molecule has 0 aliphatic heterocycles. The maximum absolute atomic E-state index is 9.03. The quantitative estimate of drug-likeness (QED) is 0.789. The molecule has 0 atom stereocenters. The molecule has 1 N–H and O–H groups in total. The van der Waals surface area contributed by atoms with Crippen molar-refractivity contribution >= 4 is 0 Å².